The van der Waals surface area contributed by atoms with E-state index in [1.54, 1.807) is 0 Å². The minimum absolute atomic E-state index is 0.140. The highest BCUT2D eigenvalue weighted by Crippen LogP contribution is 2.45. The molecule has 0 saturated carbocycles. The molecule has 2 heterocycles. The second-order valence-electron chi connectivity index (χ2n) is 3.12. The third-order valence-electron chi connectivity index (χ3n) is 1.91. The number of thiol groups is 4. The van der Waals surface area contributed by atoms with Crippen molar-refractivity contribution in [1.29, 1.82) is 0 Å². The molecule has 0 aromatic carbocycles. The van der Waals surface area contributed by atoms with Gasteiger partial charge in [0.1, 0.15) is 10.9 Å². The molecule has 0 radical (unpaired) electrons. The minimum atomic E-state index is -0.533. The molecule has 2 aliphatic heterocycles. The van der Waals surface area contributed by atoms with Gasteiger partial charge < -0.3 is 14.2 Å². The third kappa shape index (κ3) is 2.27. The molecule has 0 bridgehead atoms. The molecule has 0 aromatic heterocycles. The van der Waals surface area contributed by atoms with Crippen molar-refractivity contribution in [1.82, 2.24) is 0 Å². The zero-order valence-electron chi connectivity index (χ0n) is 6.58. The molecule has 0 aromatic rings. The molecule has 0 N–H and O–H groups in total. The summed E-state index contributed by atoms with van der Waals surface area (Å²) in [5, 5.41) is 0. The van der Waals surface area contributed by atoms with Crippen LogP contribution >= 0.6 is 50.5 Å². The summed E-state index contributed by atoms with van der Waals surface area (Å²) in [5.41, 5.74) is -0.280. The van der Waals surface area contributed by atoms with Gasteiger partial charge >= 0.3 is 0 Å². The molecule has 0 aliphatic carbocycles. The van der Waals surface area contributed by atoms with Gasteiger partial charge in [0, 0.05) is 0 Å². The van der Waals surface area contributed by atoms with E-state index in [0.717, 1.165) is 0 Å². The van der Waals surface area contributed by atoms with Crippen molar-refractivity contribution in [2.24, 2.45) is 0 Å². The number of rotatable bonds is 4. The molecule has 3 nitrogen and oxygen atoms in total. The topological polar surface area (TPSA) is 34.3 Å². The van der Waals surface area contributed by atoms with Crippen LogP contribution in [0.1, 0.15) is 0 Å². The molecule has 0 amide bonds. The summed E-state index contributed by atoms with van der Waals surface area (Å²) in [6.07, 6.45) is 0. The first-order chi connectivity index (χ1) is 5.96. The summed E-state index contributed by atoms with van der Waals surface area (Å²) in [5.74, 6) is 0. The number of epoxide rings is 2. The zero-order chi connectivity index (χ0) is 9.69. The average Bonchev–Trinajstić information content (AvgIpc) is 2.77. The second kappa shape index (κ2) is 3.40. The summed E-state index contributed by atoms with van der Waals surface area (Å²) in [6, 6.07) is 0. The lowest BCUT2D eigenvalue weighted by molar-refractivity contribution is 0.0874. The van der Waals surface area contributed by atoms with Crippen LogP contribution in [0.3, 0.4) is 0 Å². The maximum atomic E-state index is 5.33. The van der Waals surface area contributed by atoms with Crippen LogP contribution in [0.25, 0.3) is 0 Å². The average molecular weight is 258 g/mol. The van der Waals surface area contributed by atoms with E-state index in [9.17, 15) is 0 Å². The predicted molar refractivity (Wildman–Crippen MR) is 62.0 cm³/mol. The Hall–Kier alpha value is 1.28. The van der Waals surface area contributed by atoms with Crippen molar-refractivity contribution in [2.45, 2.75) is 20.7 Å². The van der Waals surface area contributed by atoms with Gasteiger partial charge in [-0.25, -0.2) is 0 Å². The summed E-state index contributed by atoms with van der Waals surface area (Å²) in [4.78, 5) is -1.07. The fourth-order valence-electron chi connectivity index (χ4n) is 0.873. The fourth-order valence-corrected chi connectivity index (χ4v) is 1.96. The summed E-state index contributed by atoms with van der Waals surface area (Å²) < 4.78 is 15.5. The summed E-state index contributed by atoms with van der Waals surface area (Å²) in [7, 11) is 0. The number of ether oxygens (including phenoxy) is 3. The maximum absolute atomic E-state index is 5.33. The van der Waals surface area contributed by atoms with E-state index < -0.39 is 9.87 Å². The first-order valence-electron chi connectivity index (χ1n) is 3.71. The van der Waals surface area contributed by atoms with E-state index in [1.807, 2.05) is 0 Å². The highest BCUT2D eigenvalue weighted by atomic mass is 32.1. The molecule has 2 fully saturated rings. The molecule has 2 rings (SSSR count). The number of hydrogen-bond donors (Lipinski definition) is 4. The predicted octanol–water partition coefficient (Wildman–Crippen LogP) is 0.827. The van der Waals surface area contributed by atoms with Crippen molar-refractivity contribution in [3.05, 3.63) is 0 Å². The normalized spacial score (nSPS) is 53.5. The zero-order valence-corrected chi connectivity index (χ0v) is 10.2. The van der Waals surface area contributed by atoms with E-state index in [4.69, 9.17) is 14.2 Å². The molecule has 0 spiro atoms. The van der Waals surface area contributed by atoms with Gasteiger partial charge in [0.15, 0.2) is 9.87 Å². The lowest BCUT2D eigenvalue weighted by atomic mass is 10.4. The van der Waals surface area contributed by atoms with Crippen LogP contribution < -0.4 is 0 Å². The van der Waals surface area contributed by atoms with Crippen LogP contribution in [0.15, 0.2) is 0 Å². The highest BCUT2D eigenvalue weighted by molar-refractivity contribution is 7.86. The Kier molecular flexibility index (Phi) is 2.82. The quantitative estimate of drug-likeness (QED) is 0.445. The lowest BCUT2D eigenvalue weighted by Crippen LogP contribution is -2.20. The van der Waals surface area contributed by atoms with Gasteiger partial charge in [-0.3, -0.25) is 0 Å². The van der Waals surface area contributed by atoms with E-state index in [1.165, 1.54) is 0 Å². The van der Waals surface area contributed by atoms with Crippen LogP contribution in [-0.4, -0.2) is 34.0 Å². The highest BCUT2D eigenvalue weighted by Gasteiger charge is 2.55. The van der Waals surface area contributed by atoms with E-state index >= 15 is 0 Å². The lowest BCUT2D eigenvalue weighted by Gasteiger charge is -2.08. The molecular formula is C6H10O3S4. The van der Waals surface area contributed by atoms with E-state index in [-0.39, 0.29) is 10.9 Å². The van der Waals surface area contributed by atoms with Gasteiger partial charge in [-0.2, -0.15) is 0 Å². The van der Waals surface area contributed by atoms with Crippen LogP contribution in [0.4, 0.5) is 0 Å². The summed E-state index contributed by atoms with van der Waals surface area (Å²) in [6.45, 7) is 0.771. The van der Waals surface area contributed by atoms with Crippen LogP contribution in [-0.2, 0) is 14.2 Å². The van der Waals surface area contributed by atoms with Crippen molar-refractivity contribution in [2.75, 3.05) is 13.2 Å². The van der Waals surface area contributed by atoms with Crippen LogP contribution in [0.5, 0.6) is 0 Å². The van der Waals surface area contributed by atoms with Gasteiger partial charge in [-0.1, -0.05) is 0 Å². The Morgan fingerprint density at radius 3 is 1.54 bits per heavy atom. The molecule has 2 aliphatic rings. The molecule has 7 heteroatoms. The van der Waals surface area contributed by atoms with Gasteiger partial charge in [0.2, 0.25) is 0 Å². The van der Waals surface area contributed by atoms with E-state index in [2.05, 4.69) is 50.5 Å². The van der Waals surface area contributed by atoms with Crippen LogP contribution in [0.2, 0.25) is 0 Å². The Labute approximate surface area is 98.5 Å². The molecule has 4 unspecified atom stereocenters. The Morgan fingerprint density at radius 2 is 1.31 bits per heavy atom. The smallest absolute Gasteiger partial charge is 0.171 e. The standard InChI is InChI=1S/C6H10O3S4/c10-3-5(12,8-3)1-7-2-6(13)4(11)9-6/h3-4,10-13H,1-2H2. The summed E-state index contributed by atoms with van der Waals surface area (Å²) >= 11 is 16.6. The minimum Gasteiger partial charge on any atom is -0.373 e. The number of hydrogen-bond acceptors (Lipinski definition) is 7. The second-order valence-corrected chi connectivity index (χ2v) is 5.57. The first kappa shape index (κ1) is 10.8. The van der Waals surface area contributed by atoms with Crippen molar-refractivity contribution in [3.63, 3.8) is 0 Å². The molecule has 13 heavy (non-hydrogen) atoms. The first-order valence-corrected chi connectivity index (χ1v) is 5.63. The monoisotopic (exact) mass is 258 g/mol. The Bertz CT molecular complexity index is 206. The fraction of sp³-hybridized carbons (Fsp3) is 1.00. The van der Waals surface area contributed by atoms with Gasteiger partial charge in [-0.05, 0) is 0 Å². The van der Waals surface area contributed by atoms with E-state index in [0.29, 0.717) is 13.2 Å². The molecular weight excluding hydrogens is 248 g/mol. The van der Waals surface area contributed by atoms with Gasteiger partial charge in [0.25, 0.3) is 0 Å². The molecule has 2 saturated heterocycles. The largest absolute Gasteiger partial charge is 0.373 e. The van der Waals surface area contributed by atoms with Crippen LogP contribution in [0, 0.1) is 0 Å². The Morgan fingerprint density at radius 1 is 1.00 bits per heavy atom. The molecule has 4 atom stereocenters. The van der Waals surface area contributed by atoms with Gasteiger partial charge in [0.05, 0.1) is 13.2 Å². The third-order valence-corrected chi connectivity index (χ3v) is 4.30. The van der Waals surface area contributed by atoms with Crippen molar-refractivity contribution in [3.8, 4) is 0 Å². The Balaban J connectivity index is 1.65. The molecule has 76 valence electrons. The maximum Gasteiger partial charge on any atom is 0.171 e. The SMILES string of the molecule is SC1OC1(S)COCC1(S)OC1S. The van der Waals surface area contributed by atoms with Crippen molar-refractivity contribution < 1.29 is 14.2 Å². The van der Waals surface area contributed by atoms with Gasteiger partial charge in [-0.15, -0.1) is 50.5 Å². The van der Waals surface area contributed by atoms with Crippen molar-refractivity contribution >= 4 is 50.5 Å².